The summed E-state index contributed by atoms with van der Waals surface area (Å²) < 4.78 is 0. The molecule has 0 radical (unpaired) electrons. The standard InChI is InChI=1S/C15H22N4O/c1-5-7-11-17-14-9(3)13(19-12(20)8-6-2)10(4)16-15(14)18-11/h5-8H2,1-4H3,(H,19,20)(H,16,17,18). The summed E-state index contributed by atoms with van der Waals surface area (Å²) in [6.45, 7) is 8.01. The predicted octanol–water partition coefficient (Wildman–Crippen LogP) is 3.27. The van der Waals surface area contributed by atoms with Crippen LogP contribution < -0.4 is 5.32 Å². The van der Waals surface area contributed by atoms with Crippen molar-refractivity contribution >= 4 is 22.8 Å². The molecule has 2 aromatic rings. The summed E-state index contributed by atoms with van der Waals surface area (Å²) in [7, 11) is 0. The molecule has 0 bridgehead atoms. The fraction of sp³-hybridized carbons (Fsp3) is 0.533. The van der Waals surface area contributed by atoms with Gasteiger partial charge in [0, 0.05) is 18.4 Å². The molecular formula is C15H22N4O. The number of imidazole rings is 1. The van der Waals surface area contributed by atoms with Crippen LogP contribution in [0.1, 0.15) is 50.2 Å². The van der Waals surface area contributed by atoms with Crippen molar-refractivity contribution in [1.82, 2.24) is 15.0 Å². The summed E-state index contributed by atoms with van der Waals surface area (Å²) in [4.78, 5) is 24.1. The second-order valence-corrected chi connectivity index (χ2v) is 5.13. The minimum absolute atomic E-state index is 0.0353. The number of carbonyl (C=O) groups is 1. The molecule has 5 nitrogen and oxygen atoms in total. The fourth-order valence-corrected chi connectivity index (χ4v) is 2.33. The van der Waals surface area contributed by atoms with Gasteiger partial charge in [0.1, 0.15) is 5.82 Å². The Morgan fingerprint density at radius 1 is 1.20 bits per heavy atom. The fourth-order valence-electron chi connectivity index (χ4n) is 2.33. The Kier molecular flexibility index (Phi) is 4.37. The monoisotopic (exact) mass is 274 g/mol. The van der Waals surface area contributed by atoms with Crippen molar-refractivity contribution in [1.29, 1.82) is 0 Å². The molecule has 0 saturated carbocycles. The van der Waals surface area contributed by atoms with Crippen molar-refractivity contribution in [3.8, 4) is 0 Å². The molecule has 2 aromatic heterocycles. The van der Waals surface area contributed by atoms with Gasteiger partial charge in [-0.15, -0.1) is 0 Å². The minimum atomic E-state index is 0.0353. The molecule has 0 aliphatic carbocycles. The molecule has 108 valence electrons. The second kappa shape index (κ2) is 6.03. The number of fused-ring (bicyclic) bond motifs is 1. The molecule has 0 aliphatic rings. The van der Waals surface area contributed by atoms with Crippen molar-refractivity contribution < 1.29 is 4.79 Å². The maximum absolute atomic E-state index is 11.8. The molecule has 0 aliphatic heterocycles. The second-order valence-electron chi connectivity index (χ2n) is 5.13. The normalized spacial score (nSPS) is 11.0. The maximum Gasteiger partial charge on any atom is 0.224 e. The van der Waals surface area contributed by atoms with E-state index in [1.165, 1.54) is 0 Å². The first-order valence-corrected chi connectivity index (χ1v) is 7.22. The van der Waals surface area contributed by atoms with E-state index in [2.05, 4.69) is 27.2 Å². The summed E-state index contributed by atoms with van der Waals surface area (Å²) in [6, 6.07) is 0. The largest absolute Gasteiger partial charge is 0.340 e. The van der Waals surface area contributed by atoms with Gasteiger partial charge in [-0.3, -0.25) is 4.79 Å². The Hall–Kier alpha value is -1.91. The van der Waals surface area contributed by atoms with Crippen LogP contribution in [0.5, 0.6) is 0 Å². The third-order valence-electron chi connectivity index (χ3n) is 3.35. The number of anilines is 1. The SMILES string of the molecule is CCCC(=O)Nc1c(C)nc2nc(CCC)[nH]c2c1C. The van der Waals surface area contributed by atoms with Gasteiger partial charge < -0.3 is 10.3 Å². The first-order chi connectivity index (χ1) is 9.56. The van der Waals surface area contributed by atoms with Gasteiger partial charge >= 0.3 is 0 Å². The highest BCUT2D eigenvalue weighted by Crippen LogP contribution is 2.26. The zero-order chi connectivity index (χ0) is 14.7. The minimum Gasteiger partial charge on any atom is -0.340 e. The maximum atomic E-state index is 11.8. The highest BCUT2D eigenvalue weighted by atomic mass is 16.1. The molecule has 5 heteroatoms. The number of hydrogen-bond donors (Lipinski definition) is 2. The summed E-state index contributed by atoms with van der Waals surface area (Å²) in [5, 5.41) is 2.96. The van der Waals surface area contributed by atoms with Crippen LogP contribution >= 0.6 is 0 Å². The van der Waals surface area contributed by atoms with Crippen LogP contribution in [0.15, 0.2) is 0 Å². The van der Waals surface area contributed by atoms with Gasteiger partial charge in [0.05, 0.1) is 16.9 Å². The molecule has 0 saturated heterocycles. The van der Waals surface area contributed by atoms with E-state index < -0.39 is 0 Å². The van der Waals surface area contributed by atoms with Gasteiger partial charge in [0.2, 0.25) is 5.91 Å². The third-order valence-corrected chi connectivity index (χ3v) is 3.35. The average molecular weight is 274 g/mol. The number of hydrogen-bond acceptors (Lipinski definition) is 3. The smallest absolute Gasteiger partial charge is 0.224 e. The Morgan fingerprint density at radius 2 is 1.95 bits per heavy atom. The van der Waals surface area contributed by atoms with E-state index in [9.17, 15) is 4.79 Å². The van der Waals surface area contributed by atoms with Gasteiger partial charge in [0.25, 0.3) is 0 Å². The van der Waals surface area contributed by atoms with E-state index >= 15 is 0 Å². The molecule has 1 amide bonds. The average Bonchev–Trinajstić information content (AvgIpc) is 2.78. The first kappa shape index (κ1) is 14.5. The van der Waals surface area contributed by atoms with Crippen LogP contribution in [-0.2, 0) is 11.2 Å². The lowest BCUT2D eigenvalue weighted by Gasteiger charge is -2.11. The number of rotatable bonds is 5. The zero-order valence-corrected chi connectivity index (χ0v) is 12.6. The molecule has 0 aromatic carbocycles. The Balaban J connectivity index is 2.42. The van der Waals surface area contributed by atoms with Gasteiger partial charge in [-0.25, -0.2) is 9.97 Å². The van der Waals surface area contributed by atoms with Crippen molar-refractivity contribution in [2.75, 3.05) is 5.32 Å². The molecule has 20 heavy (non-hydrogen) atoms. The number of aromatic nitrogens is 3. The molecular weight excluding hydrogens is 252 g/mol. The number of amides is 1. The van der Waals surface area contributed by atoms with E-state index in [0.29, 0.717) is 6.42 Å². The highest BCUT2D eigenvalue weighted by molar-refractivity contribution is 5.95. The number of pyridine rings is 1. The topological polar surface area (TPSA) is 70.7 Å². The van der Waals surface area contributed by atoms with E-state index in [-0.39, 0.29) is 5.91 Å². The van der Waals surface area contributed by atoms with Gasteiger partial charge in [0.15, 0.2) is 5.65 Å². The van der Waals surface area contributed by atoms with Crippen molar-refractivity contribution in [2.45, 2.75) is 53.4 Å². The summed E-state index contributed by atoms with van der Waals surface area (Å²) in [5.74, 6) is 0.989. The Morgan fingerprint density at radius 3 is 2.60 bits per heavy atom. The van der Waals surface area contributed by atoms with Crippen LogP contribution in [0.25, 0.3) is 11.2 Å². The summed E-state index contributed by atoms with van der Waals surface area (Å²) in [6.07, 6.45) is 3.32. The van der Waals surface area contributed by atoms with Crippen LogP contribution in [0.3, 0.4) is 0 Å². The van der Waals surface area contributed by atoms with E-state index in [1.54, 1.807) is 0 Å². The lowest BCUT2D eigenvalue weighted by molar-refractivity contribution is -0.116. The summed E-state index contributed by atoms with van der Waals surface area (Å²) in [5.41, 5.74) is 4.28. The number of nitrogens with zero attached hydrogens (tertiary/aromatic N) is 2. The number of aryl methyl sites for hydroxylation is 3. The Bertz CT molecular complexity index is 630. The molecule has 0 atom stereocenters. The van der Waals surface area contributed by atoms with E-state index in [1.807, 2.05) is 20.8 Å². The van der Waals surface area contributed by atoms with E-state index in [4.69, 9.17) is 0 Å². The van der Waals surface area contributed by atoms with Crippen LogP contribution in [0.4, 0.5) is 5.69 Å². The van der Waals surface area contributed by atoms with Gasteiger partial charge in [-0.2, -0.15) is 0 Å². The third kappa shape index (κ3) is 2.81. The highest BCUT2D eigenvalue weighted by Gasteiger charge is 2.14. The van der Waals surface area contributed by atoms with Gasteiger partial charge in [-0.1, -0.05) is 13.8 Å². The summed E-state index contributed by atoms with van der Waals surface area (Å²) >= 11 is 0. The quantitative estimate of drug-likeness (QED) is 0.879. The van der Waals surface area contributed by atoms with Crippen LogP contribution in [0.2, 0.25) is 0 Å². The van der Waals surface area contributed by atoms with E-state index in [0.717, 1.165) is 53.2 Å². The number of aromatic amines is 1. The lowest BCUT2D eigenvalue weighted by Crippen LogP contribution is -2.13. The molecule has 0 unspecified atom stereocenters. The number of nitrogens with one attached hydrogen (secondary N) is 2. The first-order valence-electron chi connectivity index (χ1n) is 7.22. The van der Waals surface area contributed by atoms with Gasteiger partial charge in [-0.05, 0) is 26.7 Å². The molecule has 2 heterocycles. The molecule has 0 spiro atoms. The predicted molar refractivity (Wildman–Crippen MR) is 80.9 cm³/mol. The lowest BCUT2D eigenvalue weighted by atomic mass is 10.1. The Labute approximate surface area is 119 Å². The van der Waals surface area contributed by atoms with Crippen molar-refractivity contribution in [3.05, 3.63) is 17.1 Å². The molecule has 0 fully saturated rings. The van der Waals surface area contributed by atoms with Crippen molar-refractivity contribution in [3.63, 3.8) is 0 Å². The van der Waals surface area contributed by atoms with Crippen LogP contribution in [0, 0.1) is 13.8 Å². The zero-order valence-electron chi connectivity index (χ0n) is 12.6. The number of H-pyrrole nitrogens is 1. The van der Waals surface area contributed by atoms with Crippen LogP contribution in [-0.4, -0.2) is 20.9 Å². The molecule has 2 rings (SSSR count). The number of carbonyl (C=O) groups excluding carboxylic acids is 1. The van der Waals surface area contributed by atoms with Crippen molar-refractivity contribution in [2.24, 2.45) is 0 Å². The molecule has 2 N–H and O–H groups in total.